The number of aromatic nitrogens is 1. The number of halogens is 3. The van der Waals surface area contributed by atoms with Gasteiger partial charge in [0.15, 0.2) is 0 Å². The SMILES string of the molecule is C=CCN1Cc2ccccc2-n2c(cc3ccc(C(F)(F)F)cc32)C1. The van der Waals surface area contributed by atoms with Gasteiger partial charge in [-0.15, -0.1) is 6.58 Å². The molecule has 1 aliphatic rings. The monoisotopic (exact) mass is 342 g/mol. The van der Waals surface area contributed by atoms with Crippen molar-refractivity contribution in [2.75, 3.05) is 6.54 Å². The maximum Gasteiger partial charge on any atom is 0.416 e. The number of nitrogens with zero attached hydrogens (tertiary/aromatic N) is 2. The van der Waals surface area contributed by atoms with Gasteiger partial charge in [-0.1, -0.05) is 30.3 Å². The van der Waals surface area contributed by atoms with E-state index in [9.17, 15) is 13.2 Å². The summed E-state index contributed by atoms with van der Waals surface area (Å²) in [6.45, 7) is 5.93. The second-order valence-corrected chi connectivity index (χ2v) is 6.33. The van der Waals surface area contributed by atoms with E-state index in [1.54, 1.807) is 6.07 Å². The lowest BCUT2D eigenvalue weighted by Gasteiger charge is -2.17. The van der Waals surface area contributed by atoms with Crippen molar-refractivity contribution in [3.05, 3.63) is 78.0 Å². The lowest BCUT2D eigenvalue weighted by Crippen LogP contribution is -2.21. The molecule has 3 aromatic rings. The van der Waals surface area contributed by atoms with Gasteiger partial charge >= 0.3 is 6.18 Å². The Bertz CT molecular complexity index is 953. The van der Waals surface area contributed by atoms with E-state index in [1.165, 1.54) is 6.07 Å². The van der Waals surface area contributed by atoms with Crippen LogP contribution in [0.25, 0.3) is 16.6 Å². The second kappa shape index (κ2) is 5.77. The summed E-state index contributed by atoms with van der Waals surface area (Å²) in [5.41, 5.74) is 3.00. The highest BCUT2D eigenvalue weighted by Gasteiger charge is 2.31. The summed E-state index contributed by atoms with van der Waals surface area (Å²) in [7, 11) is 0. The van der Waals surface area contributed by atoms with Gasteiger partial charge in [0.05, 0.1) is 16.8 Å². The van der Waals surface area contributed by atoms with Crippen molar-refractivity contribution >= 4 is 10.9 Å². The molecule has 0 fully saturated rings. The first kappa shape index (κ1) is 16.0. The predicted molar refractivity (Wildman–Crippen MR) is 92.6 cm³/mol. The molecule has 0 N–H and O–H groups in total. The van der Waals surface area contributed by atoms with Gasteiger partial charge in [-0.25, -0.2) is 0 Å². The molecular formula is C20H17F3N2. The highest BCUT2D eigenvalue weighted by atomic mass is 19.4. The molecule has 0 amide bonds. The van der Waals surface area contributed by atoms with Crippen molar-refractivity contribution in [3.8, 4) is 5.69 Å². The molecule has 0 aliphatic carbocycles. The van der Waals surface area contributed by atoms with Crippen LogP contribution in [0.15, 0.2) is 61.2 Å². The van der Waals surface area contributed by atoms with E-state index in [-0.39, 0.29) is 0 Å². The smallest absolute Gasteiger partial charge is 0.312 e. The summed E-state index contributed by atoms with van der Waals surface area (Å²) < 4.78 is 41.5. The minimum atomic E-state index is -4.35. The lowest BCUT2D eigenvalue weighted by molar-refractivity contribution is -0.137. The number of alkyl halides is 3. The Hall–Kier alpha value is -2.53. The van der Waals surface area contributed by atoms with Crippen LogP contribution in [-0.4, -0.2) is 16.0 Å². The van der Waals surface area contributed by atoms with Gasteiger partial charge in [-0.3, -0.25) is 4.90 Å². The van der Waals surface area contributed by atoms with Crippen LogP contribution in [0.3, 0.4) is 0 Å². The highest BCUT2D eigenvalue weighted by molar-refractivity contribution is 5.84. The van der Waals surface area contributed by atoms with Crippen LogP contribution >= 0.6 is 0 Å². The van der Waals surface area contributed by atoms with E-state index < -0.39 is 11.7 Å². The first-order chi connectivity index (χ1) is 12.0. The zero-order valence-electron chi connectivity index (χ0n) is 13.6. The largest absolute Gasteiger partial charge is 0.416 e. The van der Waals surface area contributed by atoms with Crippen molar-refractivity contribution in [1.29, 1.82) is 0 Å². The molecule has 2 heterocycles. The number of hydrogen-bond donors (Lipinski definition) is 0. The van der Waals surface area contributed by atoms with Crippen LogP contribution in [0.2, 0.25) is 0 Å². The Morgan fingerprint density at radius 2 is 1.84 bits per heavy atom. The first-order valence-electron chi connectivity index (χ1n) is 8.10. The quantitative estimate of drug-likeness (QED) is 0.585. The van der Waals surface area contributed by atoms with E-state index >= 15 is 0 Å². The molecule has 5 heteroatoms. The zero-order valence-corrected chi connectivity index (χ0v) is 13.6. The van der Waals surface area contributed by atoms with E-state index in [0.717, 1.165) is 41.5 Å². The van der Waals surface area contributed by atoms with Gasteiger partial charge in [-0.05, 0) is 29.8 Å². The van der Waals surface area contributed by atoms with Crippen molar-refractivity contribution in [2.45, 2.75) is 19.3 Å². The summed E-state index contributed by atoms with van der Waals surface area (Å²) in [5, 5.41) is 0.818. The van der Waals surface area contributed by atoms with E-state index in [2.05, 4.69) is 11.5 Å². The number of rotatable bonds is 2. The van der Waals surface area contributed by atoms with Crippen LogP contribution < -0.4 is 0 Å². The molecule has 0 saturated heterocycles. The maximum atomic E-state index is 13.2. The molecule has 4 rings (SSSR count). The lowest BCUT2D eigenvalue weighted by atomic mass is 10.1. The van der Waals surface area contributed by atoms with Gasteiger partial charge in [0.1, 0.15) is 0 Å². The molecule has 0 bridgehead atoms. The average molecular weight is 342 g/mol. The van der Waals surface area contributed by atoms with Crippen LogP contribution in [0, 0.1) is 0 Å². The molecule has 128 valence electrons. The van der Waals surface area contributed by atoms with Crippen LogP contribution in [-0.2, 0) is 19.3 Å². The molecule has 0 radical (unpaired) electrons. The van der Waals surface area contributed by atoms with Crippen LogP contribution in [0.4, 0.5) is 13.2 Å². The summed E-state index contributed by atoms with van der Waals surface area (Å²) in [4.78, 5) is 2.23. The summed E-state index contributed by atoms with van der Waals surface area (Å²) in [5.74, 6) is 0. The van der Waals surface area contributed by atoms with E-state index in [1.807, 2.05) is 41.0 Å². The highest BCUT2D eigenvalue weighted by Crippen LogP contribution is 2.35. The Morgan fingerprint density at radius 1 is 1.04 bits per heavy atom. The predicted octanol–water partition coefficient (Wildman–Crippen LogP) is 5.15. The van der Waals surface area contributed by atoms with Gasteiger partial charge in [-0.2, -0.15) is 13.2 Å². The number of hydrogen-bond acceptors (Lipinski definition) is 1. The number of fused-ring (bicyclic) bond motifs is 5. The van der Waals surface area contributed by atoms with Crippen molar-refractivity contribution in [1.82, 2.24) is 9.47 Å². The molecule has 0 unspecified atom stereocenters. The molecule has 0 atom stereocenters. The molecule has 25 heavy (non-hydrogen) atoms. The Morgan fingerprint density at radius 3 is 2.60 bits per heavy atom. The fourth-order valence-corrected chi connectivity index (χ4v) is 3.54. The Labute approximate surface area is 143 Å². The van der Waals surface area contributed by atoms with Gasteiger partial charge < -0.3 is 4.57 Å². The summed E-state index contributed by atoms with van der Waals surface area (Å²) in [6.07, 6.45) is -2.50. The van der Waals surface area contributed by atoms with Crippen LogP contribution in [0.5, 0.6) is 0 Å². The van der Waals surface area contributed by atoms with Crippen molar-refractivity contribution in [2.24, 2.45) is 0 Å². The van der Waals surface area contributed by atoms with Gasteiger partial charge in [0, 0.05) is 30.7 Å². The molecule has 0 spiro atoms. The Kier molecular flexibility index (Phi) is 3.69. The maximum absolute atomic E-state index is 13.2. The Balaban J connectivity index is 1.98. The zero-order chi connectivity index (χ0) is 17.6. The minimum Gasteiger partial charge on any atom is -0.312 e. The normalized spacial score (nSPS) is 14.8. The first-order valence-corrected chi connectivity index (χ1v) is 8.10. The third-order valence-corrected chi connectivity index (χ3v) is 4.61. The molecule has 2 aromatic carbocycles. The third kappa shape index (κ3) is 2.74. The van der Waals surface area contributed by atoms with Crippen molar-refractivity contribution in [3.63, 3.8) is 0 Å². The standard InChI is InChI=1S/C20H17F3N2/c1-2-9-24-12-15-5-3-4-6-18(15)25-17(13-24)10-14-7-8-16(11-19(14)25)20(21,22)23/h2-8,10-11H,1,9,12-13H2. The fourth-order valence-electron chi connectivity index (χ4n) is 3.54. The molecule has 1 aromatic heterocycles. The van der Waals surface area contributed by atoms with Gasteiger partial charge in [0.2, 0.25) is 0 Å². The molecule has 2 nitrogen and oxygen atoms in total. The third-order valence-electron chi connectivity index (χ3n) is 4.61. The van der Waals surface area contributed by atoms with E-state index in [0.29, 0.717) is 12.1 Å². The van der Waals surface area contributed by atoms with Crippen LogP contribution in [0.1, 0.15) is 16.8 Å². The molecule has 0 saturated carbocycles. The van der Waals surface area contributed by atoms with Gasteiger partial charge in [0.25, 0.3) is 0 Å². The average Bonchev–Trinajstić information content (AvgIpc) is 2.83. The summed E-state index contributed by atoms with van der Waals surface area (Å²) in [6, 6.07) is 13.8. The number of para-hydroxylation sites is 1. The van der Waals surface area contributed by atoms with E-state index in [4.69, 9.17) is 0 Å². The molecule has 1 aliphatic heterocycles. The topological polar surface area (TPSA) is 8.17 Å². The fraction of sp³-hybridized carbons (Fsp3) is 0.200. The van der Waals surface area contributed by atoms with Crippen molar-refractivity contribution < 1.29 is 13.2 Å². The summed E-state index contributed by atoms with van der Waals surface area (Å²) >= 11 is 0. The molecular weight excluding hydrogens is 325 g/mol. The minimum absolute atomic E-state index is 0.595. The number of benzene rings is 2. The second-order valence-electron chi connectivity index (χ2n) is 6.33.